The molecule has 0 unspecified atom stereocenters. The Labute approximate surface area is 49.8 Å². The van der Waals surface area contributed by atoms with Crippen LogP contribution >= 0.6 is 0 Å². The number of carbonyl (C=O) groups is 1. The second-order valence-corrected chi connectivity index (χ2v) is 1.82. The van der Waals surface area contributed by atoms with Crippen LogP contribution in [0.25, 0.3) is 0 Å². The van der Waals surface area contributed by atoms with Crippen molar-refractivity contribution >= 4 is 5.97 Å². The number of esters is 1. The van der Waals surface area contributed by atoms with Gasteiger partial charge >= 0.3 is 5.97 Å². The van der Waals surface area contributed by atoms with Crippen molar-refractivity contribution in [3.8, 4) is 0 Å². The number of rotatable bonds is 2. The van der Waals surface area contributed by atoms with Crippen LogP contribution in [0.4, 0.5) is 0 Å². The Balaban J connectivity index is 3.33. The van der Waals surface area contributed by atoms with E-state index in [1.807, 2.05) is 0 Å². The van der Waals surface area contributed by atoms with Gasteiger partial charge in [-0.15, -0.1) is 0 Å². The molecule has 0 bridgehead atoms. The number of carbonyl (C=O) groups excluding carboxylic acids is 1. The molecule has 0 amide bonds. The van der Waals surface area contributed by atoms with Crippen LogP contribution in [0.1, 0.15) is 13.8 Å². The molecule has 0 heterocycles. The highest BCUT2D eigenvalue weighted by Crippen LogP contribution is 1.93. The van der Waals surface area contributed by atoms with Gasteiger partial charge in [0, 0.05) is 0 Å². The summed E-state index contributed by atoms with van der Waals surface area (Å²) in [6, 6.07) is 0. The highest BCUT2D eigenvalue weighted by molar-refractivity contribution is 5.71. The molecule has 46 valence electrons. The minimum absolute atomic E-state index is 0.0308. The van der Waals surface area contributed by atoms with Gasteiger partial charge in [-0.3, -0.25) is 4.79 Å². The first-order valence-electron chi connectivity index (χ1n) is 2.64. The van der Waals surface area contributed by atoms with Crippen LogP contribution in [0, 0.1) is 12.8 Å². The monoisotopic (exact) mass is 115 g/mol. The molecule has 0 aromatic rings. The molecule has 0 aromatic carbocycles. The lowest BCUT2D eigenvalue weighted by Crippen LogP contribution is -2.10. The molecule has 0 rings (SSSR count). The van der Waals surface area contributed by atoms with Gasteiger partial charge in [0.25, 0.3) is 0 Å². The van der Waals surface area contributed by atoms with Crippen molar-refractivity contribution in [2.45, 2.75) is 13.8 Å². The van der Waals surface area contributed by atoms with Crippen molar-refractivity contribution in [3.05, 3.63) is 6.92 Å². The first-order chi connectivity index (χ1) is 3.68. The Kier molecular flexibility index (Phi) is 3.08. The van der Waals surface area contributed by atoms with Crippen molar-refractivity contribution in [2.75, 3.05) is 6.61 Å². The fourth-order valence-corrected chi connectivity index (χ4v) is 0.267. The Hall–Kier alpha value is -0.660. The van der Waals surface area contributed by atoms with E-state index in [1.54, 1.807) is 13.8 Å². The second-order valence-electron chi connectivity index (χ2n) is 1.82. The SMILES string of the molecule is [CH2+]COC(=O)C(C)C. The van der Waals surface area contributed by atoms with Crippen LogP contribution in [0.2, 0.25) is 0 Å². The second kappa shape index (κ2) is 3.36. The third kappa shape index (κ3) is 2.50. The summed E-state index contributed by atoms with van der Waals surface area (Å²) < 4.78 is 4.55. The van der Waals surface area contributed by atoms with E-state index in [2.05, 4.69) is 11.7 Å². The van der Waals surface area contributed by atoms with Gasteiger partial charge in [-0.1, -0.05) is 13.8 Å². The summed E-state index contributed by atoms with van der Waals surface area (Å²) in [4.78, 5) is 10.5. The van der Waals surface area contributed by atoms with Crippen molar-refractivity contribution in [1.82, 2.24) is 0 Å². The van der Waals surface area contributed by atoms with Gasteiger partial charge in [-0.25, -0.2) is 0 Å². The third-order valence-corrected chi connectivity index (χ3v) is 0.716. The predicted octanol–water partition coefficient (Wildman–Crippen LogP) is 1.02. The fraction of sp³-hybridized carbons (Fsp3) is 0.667. The molecule has 0 saturated carbocycles. The molecule has 0 aromatic heterocycles. The molecule has 2 nitrogen and oxygen atoms in total. The predicted molar refractivity (Wildman–Crippen MR) is 31.2 cm³/mol. The van der Waals surface area contributed by atoms with Gasteiger partial charge in [0.1, 0.15) is 6.92 Å². The highest BCUT2D eigenvalue weighted by atomic mass is 16.5. The zero-order valence-electron chi connectivity index (χ0n) is 5.31. The maximum absolute atomic E-state index is 10.5. The molecular formula is C6H11O2+. The lowest BCUT2D eigenvalue weighted by molar-refractivity contribution is -0.146. The molecule has 0 fully saturated rings. The smallest absolute Gasteiger partial charge is 0.311 e. The topological polar surface area (TPSA) is 26.3 Å². The van der Waals surface area contributed by atoms with Crippen LogP contribution < -0.4 is 0 Å². The van der Waals surface area contributed by atoms with Gasteiger partial charge < -0.3 is 4.74 Å². The van der Waals surface area contributed by atoms with E-state index in [0.29, 0.717) is 0 Å². The van der Waals surface area contributed by atoms with E-state index in [-0.39, 0.29) is 18.5 Å². The largest absolute Gasteiger partial charge is 0.423 e. The molecule has 0 aliphatic carbocycles. The lowest BCUT2D eigenvalue weighted by atomic mass is 10.2. The number of ether oxygens (including phenoxy) is 1. The Morgan fingerprint density at radius 3 is 2.38 bits per heavy atom. The average Bonchev–Trinajstić information content (AvgIpc) is 1.67. The van der Waals surface area contributed by atoms with Gasteiger partial charge in [0.15, 0.2) is 0 Å². The molecular weight excluding hydrogens is 104 g/mol. The Bertz CT molecular complexity index is 76.6. The standard InChI is InChI=1S/C6H11O2/c1-4-8-6(7)5(2)3/h5H,1,4H2,2-3H3/q+1. The van der Waals surface area contributed by atoms with Gasteiger partial charge in [0.2, 0.25) is 6.61 Å². The van der Waals surface area contributed by atoms with E-state index >= 15 is 0 Å². The average molecular weight is 115 g/mol. The summed E-state index contributed by atoms with van der Waals surface area (Å²) in [6.07, 6.45) is 0. The van der Waals surface area contributed by atoms with Crippen LogP contribution in [-0.4, -0.2) is 12.6 Å². The van der Waals surface area contributed by atoms with Crippen LogP contribution in [0.15, 0.2) is 0 Å². The highest BCUT2D eigenvalue weighted by Gasteiger charge is 2.06. The van der Waals surface area contributed by atoms with E-state index in [9.17, 15) is 4.79 Å². The molecule has 8 heavy (non-hydrogen) atoms. The molecule has 0 atom stereocenters. The summed E-state index contributed by atoms with van der Waals surface area (Å²) >= 11 is 0. The van der Waals surface area contributed by atoms with Gasteiger partial charge in [-0.05, 0) is 0 Å². The first kappa shape index (κ1) is 7.34. The van der Waals surface area contributed by atoms with Crippen molar-refractivity contribution in [3.63, 3.8) is 0 Å². The quantitative estimate of drug-likeness (QED) is 0.396. The zero-order chi connectivity index (χ0) is 6.57. The molecule has 0 N–H and O–H groups in total. The molecule has 0 aliphatic rings. The summed E-state index contributed by atoms with van der Waals surface area (Å²) in [5.41, 5.74) is 0. The summed E-state index contributed by atoms with van der Waals surface area (Å²) in [7, 11) is 0. The molecule has 0 spiro atoms. The van der Waals surface area contributed by atoms with E-state index in [4.69, 9.17) is 0 Å². The summed E-state index contributed by atoms with van der Waals surface area (Å²) in [5, 5.41) is 0. The third-order valence-electron chi connectivity index (χ3n) is 0.716. The summed E-state index contributed by atoms with van der Waals surface area (Å²) in [5.74, 6) is -0.211. The van der Waals surface area contributed by atoms with Crippen LogP contribution in [-0.2, 0) is 9.53 Å². The lowest BCUT2D eigenvalue weighted by Gasteiger charge is -1.99. The van der Waals surface area contributed by atoms with Gasteiger partial charge in [0.05, 0.1) is 5.92 Å². The van der Waals surface area contributed by atoms with E-state index in [0.717, 1.165) is 0 Å². The number of hydrogen-bond acceptors (Lipinski definition) is 2. The van der Waals surface area contributed by atoms with Crippen molar-refractivity contribution in [1.29, 1.82) is 0 Å². The minimum Gasteiger partial charge on any atom is -0.423 e. The van der Waals surface area contributed by atoms with Crippen LogP contribution in [0.3, 0.4) is 0 Å². The normalized spacial score (nSPS) is 9.38. The molecule has 0 radical (unpaired) electrons. The minimum atomic E-state index is -0.181. The van der Waals surface area contributed by atoms with E-state index in [1.165, 1.54) is 0 Å². The molecule has 0 saturated heterocycles. The maximum Gasteiger partial charge on any atom is 0.311 e. The molecule has 2 heteroatoms. The Morgan fingerprint density at radius 2 is 2.25 bits per heavy atom. The van der Waals surface area contributed by atoms with Crippen molar-refractivity contribution in [2.24, 2.45) is 5.92 Å². The van der Waals surface area contributed by atoms with Gasteiger partial charge in [-0.2, -0.15) is 0 Å². The van der Waals surface area contributed by atoms with Crippen molar-refractivity contribution < 1.29 is 9.53 Å². The van der Waals surface area contributed by atoms with Crippen LogP contribution in [0.5, 0.6) is 0 Å². The Morgan fingerprint density at radius 1 is 1.75 bits per heavy atom. The maximum atomic E-state index is 10.5. The molecule has 0 aliphatic heterocycles. The summed E-state index contributed by atoms with van der Waals surface area (Å²) in [6.45, 7) is 7.18. The zero-order valence-corrected chi connectivity index (χ0v) is 5.31. The van der Waals surface area contributed by atoms with E-state index < -0.39 is 0 Å². The number of hydrogen-bond donors (Lipinski definition) is 0. The fourth-order valence-electron chi connectivity index (χ4n) is 0.267. The first-order valence-corrected chi connectivity index (χ1v) is 2.64.